The summed E-state index contributed by atoms with van der Waals surface area (Å²) < 4.78 is 11.8. The SMILES string of the molecule is Cc1ccc(CN2C[C@@]34C=C[C@@H](O3)C(C(=O)N3CCCOCC3)C4C2=O)cc1C. The summed E-state index contributed by atoms with van der Waals surface area (Å²) in [6.45, 7) is 7.77. The normalized spacial score (nSPS) is 33.3. The van der Waals surface area contributed by atoms with E-state index in [1.54, 1.807) is 0 Å². The molecule has 6 nitrogen and oxygen atoms in total. The number of benzene rings is 1. The Morgan fingerprint density at radius 2 is 2.07 bits per heavy atom. The molecule has 5 rings (SSSR count). The van der Waals surface area contributed by atoms with E-state index in [9.17, 15) is 9.59 Å². The van der Waals surface area contributed by atoms with E-state index in [1.165, 1.54) is 11.1 Å². The van der Waals surface area contributed by atoms with Crippen LogP contribution in [0.15, 0.2) is 30.4 Å². The molecule has 6 heteroatoms. The van der Waals surface area contributed by atoms with E-state index in [-0.39, 0.29) is 17.9 Å². The zero-order valence-electron chi connectivity index (χ0n) is 17.1. The number of carbonyl (C=O) groups is 2. The van der Waals surface area contributed by atoms with Gasteiger partial charge in [0.05, 0.1) is 31.1 Å². The third-order valence-corrected chi connectivity index (χ3v) is 6.94. The predicted octanol–water partition coefficient (Wildman–Crippen LogP) is 1.83. The molecule has 4 heterocycles. The lowest BCUT2D eigenvalue weighted by atomic mass is 9.76. The van der Waals surface area contributed by atoms with Crippen molar-refractivity contribution in [2.24, 2.45) is 11.8 Å². The fraction of sp³-hybridized carbons (Fsp3) is 0.565. The van der Waals surface area contributed by atoms with Crippen molar-refractivity contribution in [3.63, 3.8) is 0 Å². The number of rotatable bonds is 3. The molecule has 1 aromatic carbocycles. The van der Waals surface area contributed by atoms with Crippen molar-refractivity contribution >= 4 is 11.8 Å². The second-order valence-electron chi connectivity index (χ2n) is 8.80. The number of likely N-dealkylation sites (tertiary alicyclic amines) is 1. The summed E-state index contributed by atoms with van der Waals surface area (Å²) in [6, 6.07) is 6.32. The molecule has 1 spiro atoms. The fourth-order valence-electron chi connectivity index (χ4n) is 5.29. The van der Waals surface area contributed by atoms with Gasteiger partial charge in [-0.25, -0.2) is 0 Å². The average molecular weight is 396 g/mol. The van der Waals surface area contributed by atoms with Gasteiger partial charge < -0.3 is 19.3 Å². The van der Waals surface area contributed by atoms with Crippen molar-refractivity contribution in [2.75, 3.05) is 32.8 Å². The number of hydrogen-bond donors (Lipinski definition) is 0. The van der Waals surface area contributed by atoms with E-state index in [0.717, 1.165) is 12.0 Å². The third kappa shape index (κ3) is 3.01. The molecule has 3 fully saturated rings. The van der Waals surface area contributed by atoms with Crippen molar-refractivity contribution in [2.45, 2.75) is 38.5 Å². The summed E-state index contributed by atoms with van der Waals surface area (Å²) in [4.78, 5) is 30.5. The number of fused-ring (bicyclic) bond motifs is 1. The number of ether oxygens (including phenoxy) is 2. The van der Waals surface area contributed by atoms with Gasteiger partial charge in [0.25, 0.3) is 0 Å². The third-order valence-electron chi connectivity index (χ3n) is 6.94. The van der Waals surface area contributed by atoms with Gasteiger partial charge >= 0.3 is 0 Å². The summed E-state index contributed by atoms with van der Waals surface area (Å²) >= 11 is 0. The smallest absolute Gasteiger partial charge is 0.230 e. The monoisotopic (exact) mass is 396 g/mol. The second kappa shape index (κ2) is 6.96. The van der Waals surface area contributed by atoms with E-state index in [1.807, 2.05) is 22.0 Å². The Hall–Kier alpha value is -2.18. The van der Waals surface area contributed by atoms with Crippen LogP contribution < -0.4 is 0 Å². The molecule has 1 aromatic rings. The van der Waals surface area contributed by atoms with Crippen LogP contribution >= 0.6 is 0 Å². The zero-order chi connectivity index (χ0) is 20.2. The van der Waals surface area contributed by atoms with Gasteiger partial charge in [-0.3, -0.25) is 9.59 Å². The Kier molecular flexibility index (Phi) is 4.51. The summed E-state index contributed by atoms with van der Waals surface area (Å²) in [7, 11) is 0. The van der Waals surface area contributed by atoms with E-state index in [0.29, 0.717) is 39.4 Å². The minimum absolute atomic E-state index is 0.0399. The van der Waals surface area contributed by atoms with Gasteiger partial charge in [0, 0.05) is 26.2 Å². The summed E-state index contributed by atoms with van der Waals surface area (Å²) in [5.41, 5.74) is 2.93. The quantitative estimate of drug-likeness (QED) is 0.732. The number of nitrogens with zero attached hydrogens (tertiary/aromatic N) is 2. The van der Waals surface area contributed by atoms with Crippen molar-refractivity contribution in [3.8, 4) is 0 Å². The van der Waals surface area contributed by atoms with E-state index in [4.69, 9.17) is 9.47 Å². The van der Waals surface area contributed by atoms with Crippen LogP contribution in [-0.4, -0.2) is 66.2 Å². The minimum Gasteiger partial charge on any atom is -0.380 e. The average Bonchev–Trinajstić information content (AvgIpc) is 3.23. The molecule has 0 N–H and O–H groups in total. The summed E-state index contributed by atoms with van der Waals surface area (Å²) in [5, 5.41) is 0. The second-order valence-corrected chi connectivity index (χ2v) is 8.80. The van der Waals surface area contributed by atoms with Crippen LogP contribution in [-0.2, 0) is 25.6 Å². The first-order valence-electron chi connectivity index (χ1n) is 10.6. The Morgan fingerprint density at radius 1 is 1.21 bits per heavy atom. The van der Waals surface area contributed by atoms with Gasteiger partial charge in [-0.2, -0.15) is 0 Å². The van der Waals surface area contributed by atoms with Gasteiger partial charge in [-0.15, -0.1) is 0 Å². The maximum atomic E-state index is 13.4. The van der Waals surface area contributed by atoms with Gasteiger partial charge in [-0.1, -0.05) is 30.4 Å². The van der Waals surface area contributed by atoms with Crippen molar-refractivity contribution in [1.29, 1.82) is 0 Å². The Morgan fingerprint density at radius 3 is 2.90 bits per heavy atom. The van der Waals surface area contributed by atoms with Crippen molar-refractivity contribution < 1.29 is 19.1 Å². The van der Waals surface area contributed by atoms with Crippen LogP contribution in [0.5, 0.6) is 0 Å². The minimum atomic E-state index is -0.649. The predicted molar refractivity (Wildman–Crippen MR) is 107 cm³/mol. The van der Waals surface area contributed by atoms with Crippen LogP contribution in [0.2, 0.25) is 0 Å². The Balaban J connectivity index is 1.38. The molecule has 2 bridgehead atoms. The molecule has 2 amide bonds. The number of carbonyl (C=O) groups excluding carboxylic acids is 2. The Labute approximate surface area is 171 Å². The number of hydrogen-bond acceptors (Lipinski definition) is 4. The van der Waals surface area contributed by atoms with Crippen molar-refractivity contribution in [1.82, 2.24) is 9.80 Å². The van der Waals surface area contributed by atoms with Crippen LogP contribution in [0.25, 0.3) is 0 Å². The van der Waals surface area contributed by atoms with Crippen molar-refractivity contribution in [3.05, 3.63) is 47.0 Å². The molecule has 0 radical (unpaired) electrons. The molecule has 4 atom stereocenters. The molecule has 2 unspecified atom stereocenters. The van der Waals surface area contributed by atoms with Gasteiger partial charge in [-0.05, 0) is 37.0 Å². The first kappa shape index (κ1) is 18.8. The highest BCUT2D eigenvalue weighted by Crippen LogP contribution is 2.52. The van der Waals surface area contributed by atoms with E-state index < -0.39 is 17.4 Å². The molecule has 4 aliphatic heterocycles. The largest absolute Gasteiger partial charge is 0.380 e. The molecule has 154 valence electrons. The molecule has 29 heavy (non-hydrogen) atoms. The first-order chi connectivity index (χ1) is 14.0. The summed E-state index contributed by atoms with van der Waals surface area (Å²) in [5.74, 6) is -0.756. The lowest BCUT2D eigenvalue weighted by Crippen LogP contribution is -2.46. The molecular weight excluding hydrogens is 368 g/mol. The van der Waals surface area contributed by atoms with Crippen LogP contribution in [0, 0.1) is 25.7 Å². The molecule has 0 saturated carbocycles. The fourth-order valence-corrected chi connectivity index (χ4v) is 5.29. The zero-order valence-corrected chi connectivity index (χ0v) is 17.1. The maximum absolute atomic E-state index is 13.4. The van der Waals surface area contributed by atoms with Crippen LogP contribution in [0.1, 0.15) is 23.1 Å². The van der Waals surface area contributed by atoms with Gasteiger partial charge in [0.15, 0.2) is 0 Å². The Bertz CT molecular complexity index is 874. The highest BCUT2D eigenvalue weighted by atomic mass is 16.5. The standard InChI is InChI=1S/C23H28N2O4/c1-15-4-5-17(12-16(15)2)13-25-14-23-7-6-18(29-23)19(20(23)22(25)27)21(26)24-8-3-10-28-11-9-24/h4-7,12,18-20H,3,8-11,13-14H2,1-2H3/t18-,19?,20?,23-/m1/s1. The summed E-state index contributed by atoms with van der Waals surface area (Å²) in [6.07, 6.45) is 4.56. The molecule has 0 aliphatic carbocycles. The molecular formula is C23H28N2O4. The first-order valence-corrected chi connectivity index (χ1v) is 10.6. The molecule has 0 aromatic heterocycles. The molecule has 3 saturated heterocycles. The lowest BCUT2D eigenvalue weighted by molar-refractivity contribution is -0.143. The molecule has 4 aliphatic rings. The topological polar surface area (TPSA) is 59.1 Å². The highest BCUT2D eigenvalue weighted by molar-refractivity contribution is 5.93. The van der Waals surface area contributed by atoms with Crippen LogP contribution in [0.3, 0.4) is 0 Å². The van der Waals surface area contributed by atoms with Gasteiger partial charge in [0.1, 0.15) is 5.60 Å². The number of aryl methyl sites for hydroxylation is 2. The lowest BCUT2D eigenvalue weighted by Gasteiger charge is -2.29. The van der Waals surface area contributed by atoms with E-state index in [2.05, 4.69) is 32.0 Å². The number of amides is 2. The van der Waals surface area contributed by atoms with Gasteiger partial charge in [0.2, 0.25) is 11.8 Å². The van der Waals surface area contributed by atoms with Crippen LogP contribution in [0.4, 0.5) is 0 Å². The van der Waals surface area contributed by atoms with E-state index >= 15 is 0 Å². The highest BCUT2D eigenvalue weighted by Gasteiger charge is 2.67. The maximum Gasteiger partial charge on any atom is 0.230 e.